The van der Waals surface area contributed by atoms with E-state index in [1.165, 1.54) is 0 Å². The molecule has 1 amide bonds. The molecular weight excluding hydrogens is 284 g/mol. The topological polar surface area (TPSA) is 80.0 Å². The largest absolute Gasteiger partial charge is 0.397 e. The number of nitrogens with zero attached hydrogens (tertiary/aromatic N) is 1. The van der Waals surface area contributed by atoms with Crippen molar-refractivity contribution in [2.24, 2.45) is 0 Å². The first-order valence-corrected chi connectivity index (χ1v) is 7.75. The van der Waals surface area contributed by atoms with E-state index in [1.54, 1.807) is 23.5 Å². The number of aryl methyl sites for hydroxylation is 1. The number of carbonyl (C=O) groups is 1. The third kappa shape index (κ3) is 3.72. The molecule has 0 aliphatic rings. The van der Waals surface area contributed by atoms with Crippen LogP contribution in [0.5, 0.6) is 0 Å². The number of thiazole rings is 1. The zero-order valence-electron chi connectivity index (χ0n) is 12.4. The molecule has 0 spiro atoms. The molecule has 1 aromatic carbocycles. The quantitative estimate of drug-likeness (QED) is 0.742. The van der Waals surface area contributed by atoms with E-state index >= 15 is 0 Å². The molecule has 0 radical (unpaired) electrons. The molecule has 1 unspecified atom stereocenters. The van der Waals surface area contributed by atoms with E-state index in [0.29, 0.717) is 17.8 Å². The van der Waals surface area contributed by atoms with Crippen LogP contribution < -0.4 is 16.4 Å². The molecule has 6 heteroatoms. The van der Waals surface area contributed by atoms with Crippen molar-refractivity contribution in [2.45, 2.75) is 26.8 Å². The van der Waals surface area contributed by atoms with Crippen LogP contribution >= 0.6 is 11.3 Å². The van der Waals surface area contributed by atoms with Crippen LogP contribution in [0.3, 0.4) is 0 Å². The fourth-order valence-corrected chi connectivity index (χ4v) is 2.77. The molecular formula is C15H20N4OS. The average molecular weight is 304 g/mol. The van der Waals surface area contributed by atoms with E-state index in [4.69, 9.17) is 5.73 Å². The van der Waals surface area contributed by atoms with Crippen molar-refractivity contribution in [3.63, 3.8) is 0 Å². The maximum absolute atomic E-state index is 11.8. The predicted molar refractivity (Wildman–Crippen MR) is 87.8 cm³/mol. The molecule has 4 N–H and O–H groups in total. The summed E-state index contributed by atoms with van der Waals surface area (Å²) >= 11 is 1.62. The number of nitrogens with two attached hydrogens (primary N) is 1. The first-order chi connectivity index (χ1) is 10.0. The molecule has 5 nitrogen and oxygen atoms in total. The van der Waals surface area contributed by atoms with Gasteiger partial charge in [0.1, 0.15) is 5.01 Å². The molecule has 1 heterocycles. The monoisotopic (exact) mass is 304 g/mol. The van der Waals surface area contributed by atoms with Crippen LogP contribution in [0.1, 0.15) is 40.9 Å². The lowest BCUT2D eigenvalue weighted by Crippen LogP contribution is -2.22. The zero-order valence-corrected chi connectivity index (χ0v) is 13.3. The van der Waals surface area contributed by atoms with E-state index in [-0.39, 0.29) is 11.9 Å². The third-order valence-corrected chi connectivity index (χ3v) is 4.18. The van der Waals surface area contributed by atoms with Crippen LogP contribution in [0.2, 0.25) is 0 Å². The summed E-state index contributed by atoms with van der Waals surface area (Å²) in [6.45, 7) is 6.49. The van der Waals surface area contributed by atoms with Crippen molar-refractivity contribution in [2.75, 3.05) is 17.6 Å². The van der Waals surface area contributed by atoms with Gasteiger partial charge in [-0.2, -0.15) is 0 Å². The molecule has 0 aliphatic heterocycles. The first kappa shape index (κ1) is 15.3. The minimum Gasteiger partial charge on any atom is -0.397 e. The van der Waals surface area contributed by atoms with Gasteiger partial charge in [-0.25, -0.2) is 4.98 Å². The molecule has 0 saturated heterocycles. The van der Waals surface area contributed by atoms with Crippen molar-refractivity contribution in [3.8, 4) is 0 Å². The molecule has 2 aromatic rings. The van der Waals surface area contributed by atoms with Gasteiger partial charge in [0.15, 0.2) is 0 Å². The smallest absolute Gasteiger partial charge is 0.251 e. The Bertz CT molecular complexity index is 638. The van der Waals surface area contributed by atoms with Gasteiger partial charge in [-0.1, -0.05) is 0 Å². The van der Waals surface area contributed by atoms with Crippen molar-refractivity contribution in [1.29, 1.82) is 0 Å². The molecule has 0 bridgehead atoms. The third-order valence-electron chi connectivity index (χ3n) is 3.03. The molecule has 21 heavy (non-hydrogen) atoms. The number of nitrogen functional groups attached to an aromatic ring is 1. The lowest BCUT2D eigenvalue weighted by atomic mass is 10.1. The van der Waals surface area contributed by atoms with E-state index < -0.39 is 0 Å². The van der Waals surface area contributed by atoms with Crippen molar-refractivity contribution in [1.82, 2.24) is 10.3 Å². The minimum absolute atomic E-state index is 0.0707. The van der Waals surface area contributed by atoms with Crippen LogP contribution in [0.15, 0.2) is 23.6 Å². The Balaban J connectivity index is 2.12. The molecule has 2 rings (SSSR count). The predicted octanol–water partition coefficient (Wildman–Crippen LogP) is 2.96. The minimum atomic E-state index is -0.112. The Morgan fingerprint density at radius 1 is 1.48 bits per heavy atom. The van der Waals surface area contributed by atoms with Crippen molar-refractivity contribution < 1.29 is 4.79 Å². The summed E-state index contributed by atoms with van der Waals surface area (Å²) in [5.41, 5.74) is 8.97. The molecule has 112 valence electrons. The summed E-state index contributed by atoms with van der Waals surface area (Å²) in [5.74, 6) is -0.112. The highest BCUT2D eigenvalue weighted by atomic mass is 32.1. The Hall–Kier alpha value is -2.08. The van der Waals surface area contributed by atoms with Gasteiger partial charge in [0.05, 0.1) is 17.4 Å². The van der Waals surface area contributed by atoms with Crippen LogP contribution in [0.25, 0.3) is 0 Å². The lowest BCUT2D eigenvalue weighted by Gasteiger charge is -2.15. The van der Waals surface area contributed by atoms with E-state index in [9.17, 15) is 4.79 Å². The highest BCUT2D eigenvalue weighted by molar-refractivity contribution is 7.09. The van der Waals surface area contributed by atoms with Crippen LogP contribution in [0.4, 0.5) is 11.4 Å². The molecule has 1 aromatic heterocycles. The number of nitrogens with one attached hydrogen (secondary N) is 2. The van der Waals surface area contributed by atoms with Crippen LogP contribution in [-0.2, 0) is 0 Å². The number of anilines is 2. The molecule has 0 fully saturated rings. The second-order valence-electron chi connectivity index (χ2n) is 4.85. The van der Waals surface area contributed by atoms with Gasteiger partial charge in [0.2, 0.25) is 0 Å². The number of amides is 1. The Morgan fingerprint density at radius 2 is 2.24 bits per heavy atom. The average Bonchev–Trinajstić information content (AvgIpc) is 2.88. The summed E-state index contributed by atoms with van der Waals surface area (Å²) in [4.78, 5) is 16.2. The fraction of sp³-hybridized carbons (Fsp3) is 0.333. The van der Waals surface area contributed by atoms with Gasteiger partial charge in [-0.15, -0.1) is 11.3 Å². The number of aromatic nitrogens is 1. The van der Waals surface area contributed by atoms with Gasteiger partial charge in [-0.05, 0) is 39.0 Å². The number of hydrogen-bond acceptors (Lipinski definition) is 5. The first-order valence-electron chi connectivity index (χ1n) is 6.87. The number of rotatable bonds is 5. The SMILES string of the molecule is CCNC(=O)c1ccc(NC(C)c2nc(C)cs2)c(N)c1. The molecule has 1 atom stereocenters. The van der Waals surface area contributed by atoms with Gasteiger partial charge < -0.3 is 16.4 Å². The summed E-state index contributed by atoms with van der Waals surface area (Å²) < 4.78 is 0. The van der Waals surface area contributed by atoms with Gasteiger partial charge >= 0.3 is 0 Å². The van der Waals surface area contributed by atoms with E-state index in [1.807, 2.05) is 32.2 Å². The van der Waals surface area contributed by atoms with Crippen LogP contribution in [-0.4, -0.2) is 17.4 Å². The zero-order chi connectivity index (χ0) is 15.4. The second-order valence-corrected chi connectivity index (χ2v) is 5.74. The number of carbonyl (C=O) groups excluding carboxylic acids is 1. The molecule has 0 saturated carbocycles. The summed E-state index contributed by atoms with van der Waals surface area (Å²) in [5, 5.41) is 9.12. The summed E-state index contributed by atoms with van der Waals surface area (Å²) in [6, 6.07) is 5.36. The Morgan fingerprint density at radius 3 is 2.81 bits per heavy atom. The maximum Gasteiger partial charge on any atom is 0.251 e. The second kappa shape index (κ2) is 6.58. The summed E-state index contributed by atoms with van der Waals surface area (Å²) in [7, 11) is 0. The maximum atomic E-state index is 11.8. The number of benzene rings is 1. The van der Waals surface area contributed by atoms with Gasteiger partial charge in [0.25, 0.3) is 5.91 Å². The molecule has 0 aliphatic carbocycles. The Labute approximate surface area is 128 Å². The van der Waals surface area contributed by atoms with Gasteiger partial charge in [-0.3, -0.25) is 4.79 Å². The van der Waals surface area contributed by atoms with Gasteiger partial charge in [0, 0.05) is 23.2 Å². The summed E-state index contributed by atoms with van der Waals surface area (Å²) in [6.07, 6.45) is 0. The lowest BCUT2D eigenvalue weighted by molar-refractivity contribution is 0.0956. The standard InChI is InChI=1S/C15H20N4OS/c1-4-17-14(20)11-5-6-13(12(16)7-11)19-10(3)15-18-9(2)8-21-15/h5-8,10,19H,4,16H2,1-3H3,(H,17,20). The Kier molecular flexibility index (Phi) is 4.80. The highest BCUT2D eigenvalue weighted by Crippen LogP contribution is 2.26. The van der Waals surface area contributed by atoms with E-state index in [0.717, 1.165) is 16.4 Å². The van der Waals surface area contributed by atoms with Crippen molar-refractivity contribution >= 4 is 28.6 Å². The van der Waals surface area contributed by atoms with Crippen LogP contribution in [0, 0.1) is 6.92 Å². The van der Waals surface area contributed by atoms with Crippen molar-refractivity contribution in [3.05, 3.63) is 39.8 Å². The number of hydrogen-bond donors (Lipinski definition) is 3. The normalized spacial score (nSPS) is 12.0. The van der Waals surface area contributed by atoms with E-state index in [2.05, 4.69) is 15.6 Å². The highest BCUT2D eigenvalue weighted by Gasteiger charge is 2.12. The fourth-order valence-electron chi connectivity index (χ4n) is 1.96.